The van der Waals surface area contributed by atoms with Crippen molar-refractivity contribution in [1.29, 1.82) is 0 Å². The van der Waals surface area contributed by atoms with E-state index in [1.165, 1.54) is 6.07 Å². The molecule has 1 amide bonds. The molecule has 3 aromatic carbocycles. The number of amides is 1. The summed E-state index contributed by atoms with van der Waals surface area (Å²) in [7, 11) is 0. The molecule has 1 atom stereocenters. The molecule has 11 heteroatoms. The molecule has 40 heavy (non-hydrogen) atoms. The van der Waals surface area contributed by atoms with Crippen molar-refractivity contribution in [2.24, 2.45) is 11.7 Å². The maximum Gasteiger partial charge on any atom is 0.307 e. The molecule has 0 spiro atoms. The molecule has 11 nitrogen and oxygen atoms in total. The number of nitrogens with zero attached hydrogens (tertiary/aromatic N) is 3. The molecule has 5 aromatic rings. The van der Waals surface area contributed by atoms with Gasteiger partial charge in [-0.2, -0.15) is 0 Å². The molecule has 2 heterocycles. The van der Waals surface area contributed by atoms with E-state index in [0.29, 0.717) is 33.2 Å². The van der Waals surface area contributed by atoms with Crippen LogP contribution in [0.5, 0.6) is 5.75 Å². The number of hydrogen-bond acceptors (Lipinski definition) is 8. The Morgan fingerprint density at radius 2 is 1.85 bits per heavy atom. The van der Waals surface area contributed by atoms with Gasteiger partial charge in [0.25, 0.3) is 5.56 Å². The predicted molar refractivity (Wildman–Crippen MR) is 144 cm³/mol. The van der Waals surface area contributed by atoms with E-state index < -0.39 is 23.6 Å². The van der Waals surface area contributed by atoms with Crippen LogP contribution in [0.4, 0.5) is 0 Å². The largest absolute Gasteiger partial charge is 0.489 e. The van der Waals surface area contributed by atoms with Crippen LogP contribution in [-0.4, -0.2) is 37.8 Å². The van der Waals surface area contributed by atoms with Crippen LogP contribution >= 0.6 is 0 Å². The maximum absolute atomic E-state index is 12.9. The zero-order valence-electron chi connectivity index (χ0n) is 21.1. The number of primary amides is 1. The zero-order valence-corrected chi connectivity index (χ0v) is 21.1. The first-order valence-corrected chi connectivity index (χ1v) is 12.4. The van der Waals surface area contributed by atoms with Crippen LogP contribution < -0.4 is 16.0 Å². The van der Waals surface area contributed by atoms with Crippen LogP contribution in [-0.2, 0) is 17.9 Å². The fourth-order valence-corrected chi connectivity index (χ4v) is 4.31. The van der Waals surface area contributed by atoms with Gasteiger partial charge in [-0.3, -0.25) is 19.2 Å². The molecular weight excluding hydrogens is 516 g/mol. The zero-order chi connectivity index (χ0) is 28.2. The van der Waals surface area contributed by atoms with Gasteiger partial charge in [-0.25, -0.2) is 4.68 Å². The van der Waals surface area contributed by atoms with Crippen molar-refractivity contribution < 1.29 is 28.6 Å². The van der Waals surface area contributed by atoms with E-state index in [-0.39, 0.29) is 37.3 Å². The van der Waals surface area contributed by atoms with E-state index in [0.717, 1.165) is 10.2 Å². The smallest absolute Gasteiger partial charge is 0.307 e. The van der Waals surface area contributed by atoms with Gasteiger partial charge in [-0.15, -0.1) is 5.10 Å². The van der Waals surface area contributed by atoms with Gasteiger partial charge < -0.3 is 20.0 Å². The second-order valence-electron chi connectivity index (χ2n) is 9.25. The van der Waals surface area contributed by atoms with Gasteiger partial charge in [0.05, 0.1) is 11.3 Å². The van der Waals surface area contributed by atoms with Crippen molar-refractivity contribution in [1.82, 2.24) is 15.0 Å². The summed E-state index contributed by atoms with van der Waals surface area (Å²) >= 11 is 0. The Hall–Kier alpha value is -5.32. The standard InChI is InChI=1S/C29H24N4O7/c30-27(35)18-5-3-4-17(12-18)16-39-21-8-9-25-20(13-21)15-26(40-25)24(34)14-19(29(37)38)10-11-33-28(36)22-6-1-2-7-23(22)31-32-33/h1-9,12-13,15,19H,10-11,14,16H2,(H2,30,35)(H,37,38). The number of rotatable bonds is 11. The van der Waals surface area contributed by atoms with E-state index >= 15 is 0 Å². The van der Waals surface area contributed by atoms with Gasteiger partial charge in [-0.1, -0.05) is 29.5 Å². The Morgan fingerprint density at radius 1 is 1.02 bits per heavy atom. The van der Waals surface area contributed by atoms with Gasteiger partial charge in [0, 0.05) is 23.9 Å². The predicted octanol–water partition coefficient (Wildman–Crippen LogP) is 3.58. The number of aryl methyl sites for hydroxylation is 1. The van der Waals surface area contributed by atoms with Crippen molar-refractivity contribution in [3.05, 3.63) is 100 Å². The van der Waals surface area contributed by atoms with Crippen LogP contribution in [0.2, 0.25) is 0 Å². The number of fused-ring (bicyclic) bond motifs is 2. The van der Waals surface area contributed by atoms with Crippen molar-refractivity contribution in [2.45, 2.75) is 26.0 Å². The average molecular weight is 541 g/mol. The highest BCUT2D eigenvalue weighted by Gasteiger charge is 2.24. The second kappa shape index (κ2) is 11.2. The third kappa shape index (κ3) is 5.73. The number of aromatic nitrogens is 3. The van der Waals surface area contributed by atoms with Crippen molar-refractivity contribution in [3.63, 3.8) is 0 Å². The quantitative estimate of drug-likeness (QED) is 0.238. The van der Waals surface area contributed by atoms with Crippen LogP contribution in [0.1, 0.15) is 39.3 Å². The number of nitrogens with two attached hydrogens (primary N) is 1. The van der Waals surface area contributed by atoms with E-state index in [4.69, 9.17) is 14.9 Å². The molecule has 0 bridgehead atoms. The molecule has 0 aliphatic carbocycles. The number of aliphatic carboxylic acids is 1. The molecule has 0 saturated carbocycles. The highest BCUT2D eigenvalue weighted by atomic mass is 16.5. The maximum atomic E-state index is 12.9. The number of carbonyl (C=O) groups excluding carboxylic acids is 2. The molecule has 1 unspecified atom stereocenters. The minimum atomic E-state index is -1.16. The lowest BCUT2D eigenvalue weighted by Crippen LogP contribution is -2.27. The number of carboxylic acid groups (broad SMARTS) is 1. The summed E-state index contributed by atoms with van der Waals surface area (Å²) < 4.78 is 12.6. The summed E-state index contributed by atoms with van der Waals surface area (Å²) in [6.07, 6.45) is -0.312. The highest BCUT2D eigenvalue weighted by molar-refractivity contribution is 5.99. The lowest BCUT2D eigenvalue weighted by Gasteiger charge is -2.11. The van der Waals surface area contributed by atoms with E-state index in [2.05, 4.69) is 10.3 Å². The average Bonchev–Trinajstić information content (AvgIpc) is 3.39. The number of carboxylic acids is 1. The van der Waals surface area contributed by atoms with Gasteiger partial charge >= 0.3 is 5.97 Å². The topological polar surface area (TPSA) is 168 Å². The third-order valence-corrected chi connectivity index (χ3v) is 6.48. The van der Waals surface area contributed by atoms with Crippen LogP contribution in [0.3, 0.4) is 0 Å². The monoisotopic (exact) mass is 540 g/mol. The minimum Gasteiger partial charge on any atom is -0.489 e. The Labute approximate surface area is 226 Å². The molecule has 0 fully saturated rings. The fourth-order valence-electron chi connectivity index (χ4n) is 4.31. The fraction of sp³-hybridized carbons (Fsp3) is 0.172. The molecule has 0 aliphatic heterocycles. The molecule has 0 aliphatic rings. The van der Waals surface area contributed by atoms with Crippen molar-refractivity contribution >= 4 is 39.5 Å². The molecule has 0 saturated heterocycles. The molecule has 3 N–H and O–H groups in total. The number of Topliss-reactive ketones (excluding diaryl/α,β-unsaturated/α-hetero) is 1. The number of ether oxygens (including phenoxy) is 1. The Kier molecular flexibility index (Phi) is 7.36. The van der Waals surface area contributed by atoms with E-state index in [1.807, 2.05) is 0 Å². The Morgan fingerprint density at radius 3 is 2.65 bits per heavy atom. The number of hydrogen-bond donors (Lipinski definition) is 2. The van der Waals surface area contributed by atoms with Crippen molar-refractivity contribution in [2.75, 3.05) is 0 Å². The molecule has 5 rings (SSSR count). The normalized spacial score (nSPS) is 11.9. The first kappa shape index (κ1) is 26.3. The minimum absolute atomic E-state index is 0.00315. The molecular formula is C29H24N4O7. The van der Waals surface area contributed by atoms with Gasteiger partial charge in [-0.05, 0) is 60.5 Å². The second-order valence-corrected chi connectivity index (χ2v) is 9.25. The van der Waals surface area contributed by atoms with Gasteiger partial charge in [0.1, 0.15) is 23.5 Å². The molecule has 0 radical (unpaired) electrons. The molecule has 2 aromatic heterocycles. The third-order valence-electron chi connectivity index (χ3n) is 6.48. The number of benzene rings is 3. The lowest BCUT2D eigenvalue weighted by atomic mass is 9.98. The van der Waals surface area contributed by atoms with Crippen molar-refractivity contribution in [3.8, 4) is 5.75 Å². The van der Waals surface area contributed by atoms with Crippen LogP contribution in [0.25, 0.3) is 21.9 Å². The first-order valence-electron chi connectivity index (χ1n) is 12.4. The SMILES string of the molecule is NC(=O)c1cccc(COc2ccc3oc(C(=O)CC(CCn4nnc5ccccc5c4=O)C(=O)O)cc3c2)c1. The highest BCUT2D eigenvalue weighted by Crippen LogP contribution is 2.27. The summed E-state index contributed by atoms with van der Waals surface area (Å²) in [4.78, 5) is 48.9. The summed E-state index contributed by atoms with van der Waals surface area (Å²) in [6, 6.07) is 20.1. The number of ketones is 1. The summed E-state index contributed by atoms with van der Waals surface area (Å²) in [5.41, 5.74) is 6.98. The summed E-state index contributed by atoms with van der Waals surface area (Å²) in [5.74, 6) is -2.69. The van der Waals surface area contributed by atoms with Crippen LogP contribution in [0.15, 0.2) is 82.0 Å². The lowest BCUT2D eigenvalue weighted by molar-refractivity contribution is -0.142. The van der Waals surface area contributed by atoms with E-state index in [1.54, 1.807) is 66.7 Å². The summed E-state index contributed by atoms with van der Waals surface area (Å²) in [5, 5.41) is 18.6. The number of furan rings is 1. The molecule has 202 valence electrons. The Balaban J connectivity index is 1.25. The number of carbonyl (C=O) groups is 3. The van der Waals surface area contributed by atoms with Gasteiger partial charge in [0.15, 0.2) is 11.5 Å². The van der Waals surface area contributed by atoms with Gasteiger partial charge in [0.2, 0.25) is 5.91 Å². The Bertz CT molecular complexity index is 1810. The van der Waals surface area contributed by atoms with E-state index in [9.17, 15) is 24.3 Å². The summed E-state index contributed by atoms with van der Waals surface area (Å²) in [6.45, 7) is 0.186. The van der Waals surface area contributed by atoms with Crippen LogP contribution in [0, 0.1) is 5.92 Å². The first-order chi connectivity index (χ1) is 19.3.